The van der Waals surface area contributed by atoms with Gasteiger partial charge in [-0.05, 0) is 31.4 Å². The van der Waals surface area contributed by atoms with Crippen molar-refractivity contribution in [3.05, 3.63) is 34.3 Å². The molecule has 0 spiro atoms. The van der Waals surface area contributed by atoms with Crippen LogP contribution in [0.1, 0.15) is 10.6 Å². The fourth-order valence-electron chi connectivity index (χ4n) is 2.84. The Morgan fingerprint density at radius 2 is 1.82 bits per heavy atom. The molecule has 0 amide bonds. The predicted molar refractivity (Wildman–Crippen MR) is 95.6 cm³/mol. The van der Waals surface area contributed by atoms with Gasteiger partial charge in [0.25, 0.3) is 0 Å². The number of anilines is 2. The van der Waals surface area contributed by atoms with Crippen LogP contribution < -0.4 is 9.80 Å². The highest BCUT2D eigenvalue weighted by Gasteiger charge is 2.21. The average Bonchev–Trinajstić information content (AvgIpc) is 3.14. The third kappa shape index (κ3) is 2.36. The van der Waals surface area contributed by atoms with Gasteiger partial charge in [-0.25, -0.2) is 4.98 Å². The first kappa shape index (κ1) is 14.0. The number of aromatic nitrogens is 2. The van der Waals surface area contributed by atoms with E-state index >= 15 is 0 Å². The number of hydrogen-bond acceptors (Lipinski definition) is 6. The molecule has 114 valence electrons. The molecule has 0 N–H and O–H groups in total. The first-order valence-electron chi connectivity index (χ1n) is 7.48. The maximum Gasteiger partial charge on any atom is 0.185 e. The molecule has 0 atom stereocenters. The Labute approximate surface area is 138 Å². The highest BCUT2D eigenvalue weighted by molar-refractivity contribution is 7.17. The molecule has 6 heteroatoms. The van der Waals surface area contributed by atoms with E-state index in [4.69, 9.17) is 4.98 Å². The molecular formula is C16H18N4S2. The molecule has 4 nitrogen and oxygen atoms in total. The molecule has 1 saturated heterocycles. The smallest absolute Gasteiger partial charge is 0.185 e. The van der Waals surface area contributed by atoms with Gasteiger partial charge < -0.3 is 9.80 Å². The van der Waals surface area contributed by atoms with Crippen molar-refractivity contribution in [1.82, 2.24) is 9.97 Å². The first-order chi connectivity index (χ1) is 10.7. The SMILES string of the molecule is Cc1nc(N2CCN(c3ccnc4ccsc34)CC2)sc1C. The summed E-state index contributed by atoms with van der Waals surface area (Å²) in [6, 6.07) is 4.24. The van der Waals surface area contributed by atoms with Crippen LogP contribution in [-0.2, 0) is 0 Å². The number of rotatable bonds is 2. The van der Waals surface area contributed by atoms with Gasteiger partial charge in [0.15, 0.2) is 5.13 Å². The van der Waals surface area contributed by atoms with Crippen molar-refractivity contribution in [2.45, 2.75) is 13.8 Å². The number of thiophene rings is 1. The van der Waals surface area contributed by atoms with Crippen LogP contribution in [0.3, 0.4) is 0 Å². The lowest BCUT2D eigenvalue weighted by molar-refractivity contribution is 0.653. The summed E-state index contributed by atoms with van der Waals surface area (Å²) in [6.45, 7) is 8.37. The summed E-state index contributed by atoms with van der Waals surface area (Å²) in [7, 11) is 0. The Balaban J connectivity index is 1.53. The van der Waals surface area contributed by atoms with Crippen LogP contribution in [0.15, 0.2) is 23.7 Å². The fourth-order valence-corrected chi connectivity index (χ4v) is 4.69. The van der Waals surface area contributed by atoms with E-state index in [1.807, 2.05) is 17.5 Å². The number of hydrogen-bond donors (Lipinski definition) is 0. The largest absolute Gasteiger partial charge is 0.367 e. The van der Waals surface area contributed by atoms with E-state index in [2.05, 4.69) is 46.1 Å². The molecule has 0 aliphatic carbocycles. The lowest BCUT2D eigenvalue weighted by atomic mass is 10.2. The summed E-state index contributed by atoms with van der Waals surface area (Å²) in [5.41, 5.74) is 3.60. The molecule has 0 aromatic carbocycles. The second-order valence-electron chi connectivity index (χ2n) is 5.58. The minimum absolute atomic E-state index is 1.03. The van der Waals surface area contributed by atoms with Crippen molar-refractivity contribution in [2.75, 3.05) is 36.0 Å². The summed E-state index contributed by atoms with van der Waals surface area (Å²) >= 11 is 3.59. The van der Waals surface area contributed by atoms with E-state index in [0.29, 0.717) is 0 Å². The van der Waals surface area contributed by atoms with Crippen molar-refractivity contribution in [2.24, 2.45) is 0 Å². The molecule has 0 unspecified atom stereocenters. The van der Waals surface area contributed by atoms with Crippen molar-refractivity contribution in [3.8, 4) is 0 Å². The predicted octanol–water partition coefficient (Wildman–Crippen LogP) is 3.70. The zero-order chi connectivity index (χ0) is 15.1. The lowest BCUT2D eigenvalue weighted by Crippen LogP contribution is -2.46. The van der Waals surface area contributed by atoms with Gasteiger partial charge in [0, 0.05) is 37.3 Å². The third-order valence-corrected chi connectivity index (χ3v) is 6.29. The summed E-state index contributed by atoms with van der Waals surface area (Å²) in [5.74, 6) is 0. The average molecular weight is 330 g/mol. The highest BCUT2D eigenvalue weighted by Crippen LogP contribution is 2.32. The van der Waals surface area contributed by atoms with E-state index in [0.717, 1.165) is 37.4 Å². The molecule has 22 heavy (non-hydrogen) atoms. The van der Waals surface area contributed by atoms with E-state index in [9.17, 15) is 0 Å². The van der Waals surface area contributed by atoms with Crippen molar-refractivity contribution < 1.29 is 0 Å². The van der Waals surface area contributed by atoms with Crippen LogP contribution in [-0.4, -0.2) is 36.1 Å². The molecule has 1 fully saturated rings. The standard InChI is InChI=1S/C16H18N4S2/c1-11-12(2)22-16(18-11)20-8-6-19(7-9-20)14-3-5-17-13-4-10-21-15(13)14/h3-5,10H,6-9H2,1-2H3. The van der Waals surface area contributed by atoms with E-state index in [1.54, 1.807) is 11.3 Å². The van der Waals surface area contributed by atoms with Crippen LogP contribution in [0.25, 0.3) is 10.2 Å². The second kappa shape index (κ2) is 5.52. The van der Waals surface area contributed by atoms with E-state index in [-0.39, 0.29) is 0 Å². The normalized spacial score (nSPS) is 15.7. The van der Waals surface area contributed by atoms with Crippen LogP contribution in [0.2, 0.25) is 0 Å². The zero-order valence-corrected chi connectivity index (χ0v) is 14.4. The Bertz CT molecular complexity index is 780. The van der Waals surface area contributed by atoms with Crippen molar-refractivity contribution in [1.29, 1.82) is 0 Å². The monoisotopic (exact) mass is 330 g/mol. The van der Waals surface area contributed by atoms with Gasteiger partial charge in [0.1, 0.15) is 0 Å². The van der Waals surface area contributed by atoms with Gasteiger partial charge in [0.05, 0.1) is 21.6 Å². The molecule has 4 rings (SSSR count). The molecule has 0 saturated carbocycles. The third-order valence-electron chi connectivity index (χ3n) is 4.23. The van der Waals surface area contributed by atoms with Gasteiger partial charge in [-0.2, -0.15) is 0 Å². The van der Waals surface area contributed by atoms with Gasteiger partial charge in [-0.3, -0.25) is 4.98 Å². The molecule has 0 bridgehead atoms. The summed E-state index contributed by atoms with van der Waals surface area (Å²) in [4.78, 5) is 15.3. The maximum absolute atomic E-state index is 4.69. The quantitative estimate of drug-likeness (QED) is 0.717. The Morgan fingerprint density at radius 1 is 1.05 bits per heavy atom. The van der Waals surface area contributed by atoms with Gasteiger partial charge in [-0.15, -0.1) is 22.7 Å². The number of pyridine rings is 1. The molecule has 1 aliphatic heterocycles. The molecule has 0 radical (unpaired) electrons. The Morgan fingerprint density at radius 3 is 2.55 bits per heavy atom. The van der Waals surface area contributed by atoms with Gasteiger partial charge in [-0.1, -0.05) is 0 Å². The molecular weight excluding hydrogens is 312 g/mol. The van der Waals surface area contributed by atoms with Crippen molar-refractivity contribution in [3.63, 3.8) is 0 Å². The zero-order valence-electron chi connectivity index (χ0n) is 12.7. The van der Waals surface area contributed by atoms with Crippen LogP contribution in [0.4, 0.5) is 10.8 Å². The van der Waals surface area contributed by atoms with Crippen LogP contribution in [0, 0.1) is 13.8 Å². The van der Waals surface area contributed by atoms with Crippen molar-refractivity contribution >= 4 is 43.7 Å². The van der Waals surface area contributed by atoms with Gasteiger partial charge >= 0.3 is 0 Å². The molecule has 3 aromatic rings. The summed E-state index contributed by atoms with van der Waals surface area (Å²) < 4.78 is 1.30. The topological polar surface area (TPSA) is 32.3 Å². The number of nitrogens with zero attached hydrogens (tertiary/aromatic N) is 4. The van der Waals surface area contributed by atoms with Gasteiger partial charge in [0.2, 0.25) is 0 Å². The minimum Gasteiger partial charge on any atom is -0.367 e. The summed E-state index contributed by atoms with van der Waals surface area (Å²) in [5, 5.41) is 3.30. The number of thiazole rings is 1. The minimum atomic E-state index is 1.03. The Hall–Kier alpha value is -1.66. The number of fused-ring (bicyclic) bond motifs is 1. The lowest BCUT2D eigenvalue weighted by Gasteiger charge is -2.36. The molecule has 4 heterocycles. The summed E-state index contributed by atoms with van der Waals surface area (Å²) in [6.07, 6.45) is 1.92. The highest BCUT2D eigenvalue weighted by atomic mass is 32.1. The fraction of sp³-hybridized carbons (Fsp3) is 0.375. The second-order valence-corrected chi connectivity index (χ2v) is 7.67. The maximum atomic E-state index is 4.69. The van der Waals surface area contributed by atoms with E-state index in [1.165, 1.54) is 20.4 Å². The van der Waals surface area contributed by atoms with E-state index < -0.39 is 0 Å². The van der Waals surface area contributed by atoms with Crippen LogP contribution >= 0.6 is 22.7 Å². The molecule has 3 aromatic heterocycles. The molecule has 1 aliphatic rings. The van der Waals surface area contributed by atoms with Crippen LogP contribution in [0.5, 0.6) is 0 Å². The Kier molecular flexibility index (Phi) is 3.50. The first-order valence-corrected chi connectivity index (χ1v) is 9.18. The number of aryl methyl sites for hydroxylation is 2. The number of piperazine rings is 1.